The minimum absolute atomic E-state index is 0.235. The van der Waals surface area contributed by atoms with Crippen molar-refractivity contribution >= 4 is 17.5 Å². The van der Waals surface area contributed by atoms with Crippen molar-refractivity contribution in [2.24, 2.45) is 5.92 Å². The van der Waals surface area contributed by atoms with E-state index in [-0.39, 0.29) is 16.8 Å². The first-order valence-electron chi connectivity index (χ1n) is 6.09. The van der Waals surface area contributed by atoms with Gasteiger partial charge in [0.15, 0.2) is 0 Å². The molecule has 1 fully saturated rings. The highest BCUT2D eigenvalue weighted by atomic mass is 35.5. The Morgan fingerprint density at radius 1 is 1.44 bits per heavy atom. The van der Waals surface area contributed by atoms with Crippen LogP contribution < -0.4 is 5.32 Å². The summed E-state index contributed by atoms with van der Waals surface area (Å²) in [4.78, 5) is 19.3. The maximum atomic E-state index is 11.6. The van der Waals surface area contributed by atoms with Gasteiger partial charge in [-0.25, -0.2) is 9.97 Å². The molecule has 6 heteroatoms. The topological polar surface area (TPSA) is 64.1 Å². The van der Waals surface area contributed by atoms with E-state index in [0.717, 1.165) is 18.9 Å². The average Bonchev–Trinajstić information content (AvgIpc) is 3.18. The first kappa shape index (κ1) is 13.2. The van der Waals surface area contributed by atoms with Gasteiger partial charge in [-0.2, -0.15) is 0 Å². The fourth-order valence-electron chi connectivity index (χ4n) is 1.43. The number of halogens is 1. The Bertz CT molecular complexity index is 393. The molecule has 5 nitrogen and oxygen atoms in total. The number of carbonyl (C=O) groups is 1. The number of ether oxygens (including phenoxy) is 1. The highest BCUT2D eigenvalue weighted by Crippen LogP contribution is 2.28. The van der Waals surface area contributed by atoms with Gasteiger partial charge in [-0.05, 0) is 25.2 Å². The van der Waals surface area contributed by atoms with Crippen LogP contribution in [0.3, 0.4) is 0 Å². The summed E-state index contributed by atoms with van der Waals surface area (Å²) >= 11 is 5.59. The molecule has 0 aromatic carbocycles. The Balaban J connectivity index is 1.57. The molecule has 1 amide bonds. The number of hydrogen-bond acceptors (Lipinski definition) is 4. The summed E-state index contributed by atoms with van der Waals surface area (Å²) in [5, 5.41) is 3.04. The van der Waals surface area contributed by atoms with E-state index in [1.54, 1.807) is 0 Å². The lowest BCUT2D eigenvalue weighted by molar-refractivity contribution is 0.0932. The third-order valence-electron chi connectivity index (χ3n) is 2.65. The molecule has 1 aromatic heterocycles. The van der Waals surface area contributed by atoms with Crippen LogP contribution >= 0.6 is 11.6 Å². The predicted molar refractivity (Wildman–Crippen MR) is 67.5 cm³/mol. The van der Waals surface area contributed by atoms with Crippen molar-refractivity contribution in [2.45, 2.75) is 19.3 Å². The van der Waals surface area contributed by atoms with E-state index < -0.39 is 0 Å². The van der Waals surface area contributed by atoms with Crippen molar-refractivity contribution in [3.63, 3.8) is 0 Å². The SMILES string of the molecule is O=C(NCCCOCC1CC1)c1cnc(Cl)cn1. The van der Waals surface area contributed by atoms with Gasteiger partial charge in [0.1, 0.15) is 10.8 Å². The van der Waals surface area contributed by atoms with E-state index in [9.17, 15) is 4.79 Å². The lowest BCUT2D eigenvalue weighted by Gasteiger charge is -2.05. The quantitative estimate of drug-likeness (QED) is 0.765. The van der Waals surface area contributed by atoms with E-state index in [2.05, 4.69) is 15.3 Å². The first-order chi connectivity index (χ1) is 8.75. The molecule has 0 bridgehead atoms. The molecule has 0 saturated heterocycles. The Morgan fingerprint density at radius 2 is 2.28 bits per heavy atom. The van der Waals surface area contributed by atoms with Crippen molar-refractivity contribution < 1.29 is 9.53 Å². The summed E-state index contributed by atoms with van der Waals surface area (Å²) in [6.45, 7) is 2.12. The number of nitrogens with zero attached hydrogens (tertiary/aromatic N) is 2. The smallest absolute Gasteiger partial charge is 0.271 e. The van der Waals surface area contributed by atoms with Crippen molar-refractivity contribution in [1.82, 2.24) is 15.3 Å². The van der Waals surface area contributed by atoms with Crippen molar-refractivity contribution in [3.05, 3.63) is 23.2 Å². The summed E-state index contributed by atoms with van der Waals surface area (Å²) in [6, 6.07) is 0. The zero-order valence-electron chi connectivity index (χ0n) is 10.1. The van der Waals surface area contributed by atoms with Gasteiger partial charge in [-0.1, -0.05) is 11.6 Å². The monoisotopic (exact) mass is 269 g/mol. The minimum Gasteiger partial charge on any atom is -0.381 e. The van der Waals surface area contributed by atoms with E-state index in [0.29, 0.717) is 13.2 Å². The molecular formula is C12H16ClN3O2. The lowest BCUT2D eigenvalue weighted by atomic mass is 10.4. The summed E-state index contributed by atoms with van der Waals surface area (Å²) < 4.78 is 5.46. The van der Waals surface area contributed by atoms with Crippen LogP contribution in [0.1, 0.15) is 29.8 Å². The van der Waals surface area contributed by atoms with Crippen molar-refractivity contribution in [3.8, 4) is 0 Å². The maximum absolute atomic E-state index is 11.6. The van der Waals surface area contributed by atoms with Crippen LogP contribution in [-0.4, -0.2) is 35.6 Å². The summed E-state index contributed by atoms with van der Waals surface area (Å²) in [5.74, 6) is 0.547. The van der Waals surface area contributed by atoms with Gasteiger partial charge in [0.25, 0.3) is 5.91 Å². The van der Waals surface area contributed by atoms with E-state index in [1.165, 1.54) is 25.2 Å². The first-order valence-corrected chi connectivity index (χ1v) is 6.47. The van der Waals surface area contributed by atoms with Crippen LogP contribution in [0, 0.1) is 5.92 Å². The lowest BCUT2D eigenvalue weighted by Crippen LogP contribution is -2.26. The van der Waals surface area contributed by atoms with E-state index >= 15 is 0 Å². The molecule has 1 heterocycles. The summed E-state index contributed by atoms with van der Waals surface area (Å²) in [6.07, 6.45) is 6.12. The standard InChI is InChI=1S/C12H16ClN3O2/c13-11-7-15-10(6-16-11)12(17)14-4-1-5-18-8-9-2-3-9/h6-7,9H,1-5,8H2,(H,14,17). The molecule has 0 unspecified atom stereocenters. The third kappa shape index (κ3) is 4.58. The molecule has 1 aliphatic carbocycles. The molecule has 2 rings (SSSR count). The molecule has 0 atom stereocenters. The second-order valence-electron chi connectivity index (χ2n) is 4.35. The number of aromatic nitrogens is 2. The number of rotatable bonds is 7. The number of carbonyl (C=O) groups excluding carboxylic acids is 1. The molecule has 18 heavy (non-hydrogen) atoms. The van der Waals surface area contributed by atoms with Crippen LogP contribution in [0.4, 0.5) is 0 Å². The van der Waals surface area contributed by atoms with Crippen LogP contribution in [0.2, 0.25) is 5.15 Å². The second kappa shape index (κ2) is 6.66. The number of nitrogens with one attached hydrogen (secondary N) is 1. The normalized spacial score (nSPS) is 14.5. The minimum atomic E-state index is -0.235. The second-order valence-corrected chi connectivity index (χ2v) is 4.74. The molecule has 0 radical (unpaired) electrons. The highest BCUT2D eigenvalue weighted by molar-refractivity contribution is 6.29. The Labute approximate surface area is 111 Å². The average molecular weight is 270 g/mol. The maximum Gasteiger partial charge on any atom is 0.271 e. The predicted octanol–water partition coefficient (Wildman–Crippen LogP) is 1.68. The fourth-order valence-corrected chi connectivity index (χ4v) is 1.53. The molecule has 1 saturated carbocycles. The molecule has 0 aliphatic heterocycles. The summed E-state index contributed by atoms with van der Waals surface area (Å²) in [7, 11) is 0. The zero-order valence-corrected chi connectivity index (χ0v) is 10.8. The molecular weight excluding hydrogens is 254 g/mol. The molecule has 1 N–H and O–H groups in total. The van der Waals surface area contributed by atoms with Crippen LogP contribution in [-0.2, 0) is 4.74 Å². The van der Waals surface area contributed by atoms with Gasteiger partial charge < -0.3 is 10.1 Å². The Kier molecular flexibility index (Phi) is 4.90. The third-order valence-corrected chi connectivity index (χ3v) is 2.85. The molecule has 1 aromatic rings. The number of amides is 1. The van der Waals surface area contributed by atoms with Gasteiger partial charge in [-0.3, -0.25) is 4.79 Å². The van der Waals surface area contributed by atoms with Gasteiger partial charge in [-0.15, -0.1) is 0 Å². The van der Waals surface area contributed by atoms with Crippen molar-refractivity contribution in [2.75, 3.05) is 19.8 Å². The highest BCUT2D eigenvalue weighted by Gasteiger charge is 2.20. The van der Waals surface area contributed by atoms with Gasteiger partial charge in [0.2, 0.25) is 0 Å². The van der Waals surface area contributed by atoms with E-state index in [4.69, 9.17) is 16.3 Å². The summed E-state index contributed by atoms with van der Waals surface area (Å²) in [5.41, 5.74) is 0.276. The molecule has 0 spiro atoms. The Morgan fingerprint density at radius 3 is 2.94 bits per heavy atom. The van der Waals surface area contributed by atoms with Crippen molar-refractivity contribution in [1.29, 1.82) is 0 Å². The molecule has 98 valence electrons. The van der Waals surface area contributed by atoms with Crippen LogP contribution in [0.15, 0.2) is 12.4 Å². The number of hydrogen-bond donors (Lipinski definition) is 1. The van der Waals surface area contributed by atoms with Crippen LogP contribution in [0.25, 0.3) is 0 Å². The van der Waals surface area contributed by atoms with Gasteiger partial charge >= 0.3 is 0 Å². The largest absolute Gasteiger partial charge is 0.381 e. The van der Waals surface area contributed by atoms with E-state index in [1.807, 2.05) is 0 Å². The molecule has 1 aliphatic rings. The van der Waals surface area contributed by atoms with Gasteiger partial charge in [0, 0.05) is 19.8 Å². The fraction of sp³-hybridized carbons (Fsp3) is 0.583. The Hall–Kier alpha value is -1.20. The van der Waals surface area contributed by atoms with Crippen LogP contribution in [0.5, 0.6) is 0 Å². The van der Waals surface area contributed by atoms with Gasteiger partial charge in [0.05, 0.1) is 12.4 Å². The zero-order chi connectivity index (χ0) is 12.8.